The highest BCUT2D eigenvalue weighted by molar-refractivity contribution is 5.94. The molecule has 0 saturated carbocycles. The van der Waals surface area contributed by atoms with E-state index in [0.29, 0.717) is 11.3 Å². The fourth-order valence-corrected chi connectivity index (χ4v) is 2.33. The maximum absolute atomic E-state index is 14.0. The number of carbonyl (C=O) groups excluding carboxylic acids is 1. The molecular weight excluding hydrogens is 247 g/mol. The molecule has 1 N–H and O–H groups in total. The van der Waals surface area contributed by atoms with Crippen LogP contribution in [0.1, 0.15) is 23.2 Å². The van der Waals surface area contributed by atoms with E-state index in [-0.39, 0.29) is 24.9 Å². The van der Waals surface area contributed by atoms with Gasteiger partial charge in [0.25, 0.3) is 5.91 Å². The minimum Gasteiger partial charge on any atom is -0.395 e. The van der Waals surface area contributed by atoms with Crippen LogP contribution in [0.5, 0.6) is 0 Å². The van der Waals surface area contributed by atoms with Crippen molar-refractivity contribution in [2.45, 2.75) is 12.8 Å². The summed E-state index contributed by atoms with van der Waals surface area (Å²) in [7, 11) is 1.59. The van der Waals surface area contributed by atoms with Crippen molar-refractivity contribution in [1.29, 1.82) is 0 Å². The summed E-state index contributed by atoms with van der Waals surface area (Å²) in [5.74, 6) is -0.633. The highest BCUT2D eigenvalue weighted by Gasteiger charge is 2.18. The van der Waals surface area contributed by atoms with Gasteiger partial charge in [-0.05, 0) is 31.0 Å². The molecule has 104 valence electrons. The fraction of sp³-hybridized carbons (Fsp3) is 0.500. The molecule has 0 bridgehead atoms. The molecule has 5 heteroatoms. The molecule has 1 aromatic carbocycles. The topological polar surface area (TPSA) is 43.8 Å². The molecule has 0 aliphatic carbocycles. The number of carbonyl (C=O) groups is 1. The summed E-state index contributed by atoms with van der Waals surface area (Å²) in [4.78, 5) is 15.3. The Bertz CT molecular complexity index is 459. The normalized spacial score (nSPS) is 14.8. The predicted octanol–water partition coefficient (Wildman–Crippen LogP) is 1.49. The first kappa shape index (κ1) is 13.8. The first-order valence-electron chi connectivity index (χ1n) is 6.54. The largest absolute Gasteiger partial charge is 0.395 e. The molecule has 1 fully saturated rings. The molecule has 1 aliphatic heterocycles. The zero-order valence-electron chi connectivity index (χ0n) is 11.1. The zero-order valence-corrected chi connectivity index (χ0v) is 11.1. The number of hydrogen-bond acceptors (Lipinski definition) is 3. The molecule has 0 unspecified atom stereocenters. The molecule has 0 aromatic heterocycles. The van der Waals surface area contributed by atoms with Crippen molar-refractivity contribution >= 4 is 11.6 Å². The Morgan fingerprint density at radius 2 is 2.11 bits per heavy atom. The van der Waals surface area contributed by atoms with E-state index in [1.165, 1.54) is 11.0 Å². The number of hydrogen-bond donors (Lipinski definition) is 1. The molecule has 4 nitrogen and oxygen atoms in total. The Labute approximate surface area is 112 Å². The van der Waals surface area contributed by atoms with E-state index >= 15 is 0 Å². The third kappa shape index (κ3) is 3.04. The van der Waals surface area contributed by atoms with E-state index in [2.05, 4.69) is 0 Å². The van der Waals surface area contributed by atoms with Gasteiger partial charge in [-0.25, -0.2) is 4.39 Å². The summed E-state index contributed by atoms with van der Waals surface area (Å²) in [6, 6.07) is 4.59. The van der Waals surface area contributed by atoms with E-state index < -0.39 is 0 Å². The van der Waals surface area contributed by atoms with Gasteiger partial charge >= 0.3 is 0 Å². The second-order valence-corrected chi connectivity index (χ2v) is 4.81. The van der Waals surface area contributed by atoms with Crippen LogP contribution in [0.15, 0.2) is 18.2 Å². The summed E-state index contributed by atoms with van der Waals surface area (Å²) < 4.78 is 14.0. The minimum atomic E-state index is -0.356. The Morgan fingerprint density at radius 1 is 1.42 bits per heavy atom. The van der Waals surface area contributed by atoms with Crippen molar-refractivity contribution in [3.05, 3.63) is 29.6 Å². The lowest BCUT2D eigenvalue weighted by Gasteiger charge is -2.20. The quantitative estimate of drug-likeness (QED) is 0.898. The van der Waals surface area contributed by atoms with Gasteiger partial charge in [0.15, 0.2) is 0 Å². The van der Waals surface area contributed by atoms with Crippen molar-refractivity contribution < 1.29 is 14.3 Å². The molecular formula is C14H19FN2O2. The summed E-state index contributed by atoms with van der Waals surface area (Å²) >= 11 is 0. The van der Waals surface area contributed by atoms with E-state index in [0.717, 1.165) is 25.9 Å². The van der Waals surface area contributed by atoms with Crippen molar-refractivity contribution in [2.75, 3.05) is 38.2 Å². The predicted molar refractivity (Wildman–Crippen MR) is 71.9 cm³/mol. The lowest BCUT2D eigenvalue weighted by molar-refractivity contribution is 0.0766. The molecule has 2 rings (SSSR count). The first-order chi connectivity index (χ1) is 9.13. The van der Waals surface area contributed by atoms with Crippen molar-refractivity contribution in [3.63, 3.8) is 0 Å². The van der Waals surface area contributed by atoms with Crippen LogP contribution in [0.4, 0.5) is 10.1 Å². The van der Waals surface area contributed by atoms with Crippen LogP contribution < -0.4 is 4.90 Å². The van der Waals surface area contributed by atoms with Gasteiger partial charge in [0.05, 0.1) is 12.3 Å². The molecule has 0 spiro atoms. The summed E-state index contributed by atoms with van der Waals surface area (Å²) in [6.07, 6.45) is 2.17. The van der Waals surface area contributed by atoms with E-state index in [9.17, 15) is 9.18 Å². The first-order valence-corrected chi connectivity index (χ1v) is 6.54. The summed E-state index contributed by atoms with van der Waals surface area (Å²) in [6.45, 7) is 1.88. The molecule has 1 amide bonds. The smallest absolute Gasteiger partial charge is 0.253 e. The maximum atomic E-state index is 14.0. The van der Waals surface area contributed by atoms with Gasteiger partial charge in [0.2, 0.25) is 0 Å². The number of halogens is 1. The highest BCUT2D eigenvalue weighted by atomic mass is 19.1. The molecule has 1 heterocycles. The molecule has 0 atom stereocenters. The third-order valence-electron chi connectivity index (χ3n) is 3.42. The lowest BCUT2D eigenvalue weighted by atomic mass is 10.1. The zero-order chi connectivity index (χ0) is 13.8. The standard InChI is InChI=1S/C14H19FN2O2/c1-16(8-9-18)14(19)11-4-5-13(12(15)10-11)17-6-2-3-7-17/h4-5,10,18H,2-3,6-9H2,1H3. The van der Waals surface area contributed by atoms with Crippen LogP contribution >= 0.6 is 0 Å². The number of aliphatic hydroxyl groups is 1. The van der Waals surface area contributed by atoms with E-state index in [1.807, 2.05) is 4.90 Å². The second-order valence-electron chi connectivity index (χ2n) is 4.81. The van der Waals surface area contributed by atoms with Crippen molar-refractivity contribution in [2.24, 2.45) is 0 Å². The Balaban J connectivity index is 2.16. The highest BCUT2D eigenvalue weighted by Crippen LogP contribution is 2.24. The maximum Gasteiger partial charge on any atom is 0.253 e. The number of aliphatic hydroxyl groups excluding tert-OH is 1. The minimum absolute atomic E-state index is 0.101. The van der Waals surface area contributed by atoms with Gasteiger partial charge in [-0.2, -0.15) is 0 Å². The van der Waals surface area contributed by atoms with Crippen molar-refractivity contribution in [3.8, 4) is 0 Å². The van der Waals surface area contributed by atoms with Gasteiger partial charge in [0.1, 0.15) is 5.82 Å². The van der Waals surface area contributed by atoms with Gasteiger partial charge in [-0.3, -0.25) is 4.79 Å². The van der Waals surface area contributed by atoms with Crippen LogP contribution in [-0.2, 0) is 0 Å². The van der Waals surface area contributed by atoms with Gasteiger partial charge in [-0.1, -0.05) is 0 Å². The number of nitrogens with zero attached hydrogens (tertiary/aromatic N) is 2. The Morgan fingerprint density at radius 3 is 2.68 bits per heavy atom. The lowest BCUT2D eigenvalue weighted by Crippen LogP contribution is -2.29. The summed E-state index contributed by atoms with van der Waals surface area (Å²) in [5.41, 5.74) is 0.884. The number of anilines is 1. The Kier molecular flexibility index (Phi) is 4.37. The molecule has 1 aromatic rings. The van der Waals surface area contributed by atoms with Crippen LogP contribution in [0, 0.1) is 5.82 Å². The van der Waals surface area contributed by atoms with Crippen LogP contribution in [0.3, 0.4) is 0 Å². The average molecular weight is 266 g/mol. The number of likely N-dealkylation sites (N-methyl/N-ethyl adjacent to an activating group) is 1. The third-order valence-corrected chi connectivity index (χ3v) is 3.42. The number of rotatable bonds is 4. The second kappa shape index (κ2) is 6.02. The Hall–Kier alpha value is -1.62. The molecule has 19 heavy (non-hydrogen) atoms. The van der Waals surface area contributed by atoms with E-state index in [1.54, 1.807) is 19.2 Å². The van der Waals surface area contributed by atoms with Crippen LogP contribution in [0.25, 0.3) is 0 Å². The van der Waals surface area contributed by atoms with Crippen molar-refractivity contribution in [1.82, 2.24) is 4.90 Å². The average Bonchev–Trinajstić information content (AvgIpc) is 2.91. The number of benzene rings is 1. The van der Waals surface area contributed by atoms with Gasteiger partial charge < -0.3 is 14.9 Å². The fourth-order valence-electron chi connectivity index (χ4n) is 2.33. The van der Waals surface area contributed by atoms with Crippen LogP contribution in [-0.4, -0.2) is 49.2 Å². The van der Waals surface area contributed by atoms with Crippen LogP contribution in [0.2, 0.25) is 0 Å². The van der Waals surface area contributed by atoms with E-state index in [4.69, 9.17) is 5.11 Å². The SMILES string of the molecule is CN(CCO)C(=O)c1ccc(N2CCCC2)c(F)c1. The summed E-state index contributed by atoms with van der Waals surface area (Å²) in [5, 5.41) is 8.80. The monoisotopic (exact) mass is 266 g/mol. The number of amides is 1. The molecule has 0 radical (unpaired) electrons. The van der Waals surface area contributed by atoms with Gasteiger partial charge in [-0.15, -0.1) is 0 Å². The molecule has 1 saturated heterocycles. The molecule has 1 aliphatic rings. The van der Waals surface area contributed by atoms with Gasteiger partial charge in [0, 0.05) is 32.2 Å².